The Morgan fingerprint density at radius 1 is 1.00 bits per heavy atom. The maximum absolute atomic E-state index is 9.83. The number of para-hydroxylation sites is 2. The zero-order valence-corrected chi connectivity index (χ0v) is 14.5. The van der Waals surface area contributed by atoms with Gasteiger partial charge in [0.2, 0.25) is 0 Å². The first kappa shape index (κ1) is 17.4. The number of benzene rings is 2. The molecule has 134 valence electrons. The molecule has 0 saturated carbocycles. The summed E-state index contributed by atoms with van der Waals surface area (Å²) in [5, 5.41) is 9.83. The van der Waals surface area contributed by atoms with E-state index in [0.29, 0.717) is 29.6 Å². The van der Waals surface area contributed by atoms with Crippen LogP contribution in [0.3, 0.4) is 0 Å². The molecule has 1 aliphatic heterocycles. The lowest BCUT2D eigenvalue weighted by atomic mass is 10.1. The first-order chi connectivity index (χ1) is 12.2. The Kier molecular flexibility index (Phi) is 5.01. The third kappa shape index (κ3) is 3.36. The predicted octanol–water partition coefficient (Wildman–Crippen LogP) is 2.94. The van der Waals surface area contributed by atoms with E-state index >= 15 is 0 Å². The zero-order chi connectivity index (χ0) is 17.9. The average molecular weight is 346 g/mol. The van der Waals surface area contributed by atoms with Crippen LogP contribution < -0.4 is 18.9 Å². The molecular formula is C19H22O6. The van der Waals surface area contributed by atoms with Crippen LogP contribution >= 0.6 is 0 Å². The van der Waals surface area contributed by atoms with Crippen molar-refractivity contribution < 1.29 is 28.8 Å². The van der Waals surface area contributed by atoms with Crippen molar-refractivity contribution in [1.82, 2.24) is 0 Å². The maximum Gasteiger partial charge on any atom is 0.265 e. The molecule has 1 aliphatic rings. The lowest BCUT2D eigenvalue weighted by Gasteiger charge is -2.16. The van der Waals surface area contributed by atoms with Gasteiger partial charge in [-0.05, 0) is 36.8 Å². The Morgan fingerprint density at radius 2 is 1.72 bits per heavy atom. The molecule has 0 aliphatic carbocycles. The molecule has 25 heavy (non-hydrogen) atoms. The van der Waals surface area contributed by atoms with Gasteiger partial charge < -0.3 is 28.8 Å². The number of methoxy groups -OCH3 is 2. The summed E-state index contributed by atoms with van der Waals surface area (Å²) in [7, 11) is 3.15. The smallest absolute Gasteiger partial charge is 0.265 e. The summed E-state index contributed by atoms with van der Waals surface area (Å²) in [5.74, 6) is 1.23. The van der Waals surface area contributed by atoms with Crippen LogP contribution in [0.1, 0.15) is 18.6 Å². The number of rotatable bonds is 8. The van der Waals surface area contributed by atoms with Gasteiger partial charge in [0, 0.05) is 0 Å². The number of aliphatic hydroxyl groups excluding tert-OH is 1. The van der Waals surface area contributed by atoms with Gasteiger partial charge in [-0.1, -0.05) is 18.2 Å². The van der Waals surface area contributed by atoms with Crippen LogP contribution in [0.5, 0.6) is 23.0 Å². The average Bonchev–Trinajstić information content (AvgIpc) is 3.37. The van der Waals surface area contributed by atoms with Crippen LogP contribution in [0.15, 0.2) is 42.5 Å². The lowest BCUT2D eigenvalue weighted by molar-refractivity contribution is 0.00657. The van der Waals surface area contributed by atoms with Gasteiger partial charge in [-0.25, -0.2) is 0 Å². The van der Waals surface area contributed by atoms with E-state index in [4.69, 9.17) is 23.7 Å². The minimum Gasteiger partial charge on any atom is -0.493 e. The van der Waals surface area contributed by atoms with E-state index in [0.717, 1.165) is 5.56 Å². The molecule has 6 nitrogen and oxygen atoms in total. The van der Waals surface area contributed by atoms with Gasteiger partial charge in [0.15, 0.2) is 29.1 Å². The van der Waals surface area contributed by atoms with Crippen LogP contribution in [0.4, 0.5) is 0 Å². The fraction of sp³-hybridized carbons (Fsp3) is 0.368. The molecule has 2 aromatic carbocycles. The van der Waals surface area contributed by atoms with Crippen molar-refractivity contribution in [2.45, 2.75) is 18.8 Å². The summed E-state index contributed by atoms with van der Waals surface area (Å²) in [6.07, 6.45) is -0.410. The van der Waals surface area contributed by atoms with E-state index in [1.807, 2.05) is 37.3 Å². The van der Waals surface area contributed by atoms with Gasteiger partial charge >= 0.3 is 0 Å². The number of aliphatic hydroxyl groups is 1. The highest BCUT2D eigenvalue weighted by atomic mass is 16.8. The largest absolute Gasteiger partial charge is 0.493 e. The number of hydrogen-bond donors (Lipinski definition) is 1. The second kappa shape index (κ2) is 7.21. The van der Waals surface area contributed by atoms with Crippen LogP contribution in [-0.4, -0.2) is 38.3 Å². The third-order valence-corrected chi connectivity index (χ3v) is 4.02. The summed E-state index contributed by atoms with van der Waals surface area (Å²) in [4.78, 5) is 0. The van der Waals surface area contributed by atoms with Gasteiger partial charge in [0.05, 0.1) is 20.8 Å². The third-order valence-electron chi connectivity index (χ3n) is 4.02. The van der Waals surface area contributed by atoms with Gasteiger partial charge in [0.25, 0.3) is 5.79 Å². The Bertz CT molecular complexity index is 732. The molecule has 0 radical (unpaired) electrons. The molecule has 1 saturated heterocycles. The lowest BCUT2D eigenvalue weighted by Crippen LogP contribution is -2.26. The minimum absolute atomic E-state index is 0.286. The molecule has 0 unspecified atom stereocenters. The monoisotopic (exact) mass is 346 g/mol. The molecule has 0 bridgehead atoms. The van der Waals surface area contributed by atoms with Crippen molar-refractivity contribution in [2.75, 3.05) is 27.4 Å². The van der Waals surface area contributed by atoms with Crippen LogP contribution in [-0.2, 0) is 4.74 Å². The first-order valence-corrected chi connectivity index (χ1v) is 8.09. The quantitative estimate of drug-likeness (QED) is 0.741. The summed E-state index contributed by atoms with van der Waals surface area (Å²) in [5.41, 5.74) is 0.837. The molecule has 2 atom stereocenters. The standard InChI is InChI=1S/C19H22O6/c1-4-23-15-10-9-13(11-17(15)22-3)18-19(12-20,25-18)24-16-8-6-5-7-14(16)21-2/h5-11,18,20H,4,12H2,1-3H3/t18-,19+/m1/s1. The van der Waals surface area contributed by atoms with E-state index in [1.165, 1.54) is 0 Å². The molecule has 1 heterocycles. The van der Waals surface area contributed by atoms with Crippen LogP contribution in [0, 0.1) is 0 Å². The number of ether oxygens (including phenoxy) is 5. The number of epoxide rings is 1. The highest BCUT2D eigenvalue weighted by Crippen LogP contribution is 2.52. The SMILES string of the molecule is CCOc1ccc([C@H]2O[C@]2(CO)Oc2ccccc2OC)cc1OC. The van der Waals surface area contributed by atoms with Crippen molar-refractivity contribution in [3.63, 3.8) is 0 Å². The predicted molar refractivity (Wildman–Crippen MR) is 91.4 cm³/mol. The second-order valence-electron chi connectivity index (χ2n) is 5.56. The Labute approximate surface area is 146 Å². The number of hydrogen-bond acceptors (Lipinski definition) is 6. The Hall–Kier alpha value is -2.44. The molecule has 0 aromatic heterocycles. The Morgan fingerprint density at radius 3 is 2.36 bits per heavy atom. The van der Waals surface area contributed by atoms with Crippen molar-refractivity contribution >= 4 is 0 Å². The van der Waals surface area contributed by atoms with E-state index in [2.05, 4.69) is 0 Å². The highest BCUT2D eigenvalue weighted by molar-refractivity contribution is 5.46. The van der Waals surface area contributed by atoms with E-state index in [1.54, 1.807) is 26.4 Å². The summed E-state index contributed by atoms with van der Waals surface area (Å²) in [6, 6.07) is 12.8. The summed E-state index contributed by atoms with van der Waals surface area (Å²) >= 11 is 0. The molecule has 0 amide bonds. The van der Waals surface area contributed by atoms with Crippen molar-refractivity contribution in [2.24, 2.45) is 0 Å². The molecular weight excluding hydrogens is 324 g/mol. The van der Waals surface area contributed by atoms with Crippen LogP contribution in [0.25, 0.3) is 0 Å². The van der Waals surface area contributed by atoms with Gasteiger partial charge in [0.1, 0.15) is 6.61 Å². The van der Waals surface area contributed by atoms with Crippen LogP contribution in [0.2, 0.25) is 0 Å². The van der Waals surface area contributed by atoms with Crippen molar-refractivity contribution in [1.29, 1.82) is 0 Å². The minimum atomic E-state index is -1.13. The van der Waals surface area contributed by atoms with E-state index in [9.17, 15) is 5.11 Å². The van der Waals surface area contributed by atoms with Gasteiger partial charge in [-0.15, -0.1) is 0 Å². The molecule has 6 heteroatoms. The molecule has 1 fully saturated rings. The van der Waals surface area contributed by atoms with Crippen molar-refractivity contribution in [3.05, 3.63) is 48.0 Å². The molecule has 3 rings (SSSR count). The zero-order valence-electron chi connectivity index (χ0n) is 14.5. The normalized spacial score (nSPS) is 21.5. The van der Waals surface area contributed by atoms with Gasteiger partial charge in [-0.3, -0.25) is 0 Å². The van der Waals surface area contributed by atoms with E-state index < -0.39 is 11.9 Å². The maximum atomic E-state index is 9.83. The van der Waals surface area contributed by atoms with Gasteiger partial charge in [-0.2, -0.15) is 0 Å². The molecule has 0 spiro atoms. The highest BCUT2D eigenvalue weighted by Gasteiger charge is 2.60. The fourth-order valence-corrected chi connectivity index (χ4v) is 2.73. The summed E-state index contributed by atoms with van der Waals surface area (Å²) < 4.78 is 27.8. The second-order valence-corrected chi connectivity index (χ2v) is 5.56. The molecule has 1 N–H and O–H groups in total. The summed E-state index contributed by atoms with van der Waals surface area (Å²) in [6.45, 7) is 2.17. The fourth-order valence-electron chi connectivity index (χ4n) is 2.73. The van der Waals surface area contributed by atoms with Crippen molar-refractivity contribution in [3.8, 4) is 23.0 Å². The molecule has 2 aromatic rings. The first-order valence-electron chi connectivity index (χ1n) is 8.09. The topological polar surface area (TPSA) is 69.7 Å². The van der Waals surface area contributed by atoms with E-state index in [-0.39, 0.29) is 6.61 Å². The Balaban J connectivity index is 1.83.